The third-order valence-corrected chi connectivity index (χ3v) is 4.94. The third kappa shape index (κ3) is 2.77. The fourth-order valence-corrected chi connectivity index (χ4v) is 3.71. The molecule has 0 spiro atoms. The summed E-state index contributed by atoms with van der Waals surface area (Å²) in [5.41, 5.74) is 1.07. The molecular formula is C19H11NO4S. The first-order valence-electron chi connectivity index (χ1n) is 7.50. The summed E-state index contributed by atoms with van der Waals surface area (Å²) in [4.78, 5) is 24.6. The molecule has 6 heteroatoms. The van der Waals surface area contributed by atoms with Crippen LogP contribution in [0.2, 0.25) is 0 Å². The van der Waals surface area contributed by atoms with Gasteiger partial charge in [0.1, 0.15) is 11.5 Å². The number of furan rings is 1. The number of carbonyl (C=O) groups is 1. The number of nitro groups is 1. The molecule has 25 heavy (non-hydrogen) atoms. The molecule has 2 heterocycles. The van der Waals surface area contributed by atoms with E-state index in [2.05, 4.69) is 0 Å². The monoisotopic (exact) mass is 349 g/mol. The molecule has 4 rings (SSSR count). The Morgan fingerprint density at radius 2 is 1.68 bits per heavy atom. The van der Waals surface area contributed by atoms with Crippen molar-refractivity contribution in [2.75, 3.05) is 0 Å². The Hall–Kier alpha value is -3.12. The van der Waals surface area contributed by atoms with Crippen LogP contribution in [0.4, 0.5) is 5.69 Å². The number of para-hydroxylation sites is 1. The summed E-state index contributed by atoms with van der Waals surface area (Å²) in [5, 5.41) is 11.2. The van der Waals surface area contributed by atoms with Crippen molar-refractivity contribution in [1.29, 1.82) is 0 Å². The van der Waals surface area contributed by atoms with Crippen molar-refractivity contribution in [2.24, 2.45) is 0 Å². The predicted molar refractivity (Wildman–Crippen MR) is 95.4 cm³/mol. The second kappa shape index (κ2) is 6.07. The second-order valence-corrected chi connectivity index (χ2v) is 6.50. The number of benzene rings is 2. The van der Waals surface area contributed by atoms with Crippen molar-refractivity contribution >= 4 is 29.3 Å². The molecule has 0 unspecified atom stereocenters. The number of hydrogen-bond acceptors (Lipinski definition) is 5. The molecule has 0 atom stereocenters. The van der Waals surface area contributed by atoms with Crippen molar-refractivity contribution in [1.82, 2.24) is 0 Å². The largest absolute Gasteiger partial charge is 0.456 e. The van der Waals surface area contributed by atoms with E-state index in [-0.39, 0.29) is 11.5 Å². The van der Waals surface area contributed by atoms with Gasteiger partial charge in [-0.1, -0.05) is 36.0 Å². The number of fused-ring (bicyclic) bond motifs is 1. The summed E-state index contributed by atoms with van der Waals surface area (Å²) in [6.45, 7) is 0. The molecule has 122 valence electrons. The number of hydrogen-bond donors (Lipinski definition) is 0. The van der Waals surface area contributed by atoms with Gasteiger partial charge in [0.15, 0.2) is 0 Å². The third-order valence-electron chi connectivity index (χ3n) is 3.84. The second-order valence-electron chi connectivity index (χ2n) is 5.41. The highest BCUT2D eigenvalue weighted by molar-refractivity contribution is 8.04. The average Bonchev–Trinajstić information content (AvgIpc) is 3.21. The molecule has 1 aliphatic rings. The standard InChI is InChI=1S/C19H11NO4S/c21-19-14-6-2-4-8-17(14)25-18(19)11-12-9-10-16(24-12)13-5-1-3-7-15(13)20(22)23/h1-11H/b18-11-. The maximum absolute atomic E-state index is 12.4. The Labute approximate surface area is 147 Å². The van der Waals surface area contributed by atoms with Gasteiger partial charge >= 0.3 is 0 Å². The van der Waals surface area contributed by atoms with Crippen LogP contribution in [0.25, 0.3) is 17.4 Å². The molecule has 1 aromatic heterocycles. The van der Waals surface area contributed by atoms with Gasteiger partial charge in [-0.2, -0.15) is 0 Å². The van der Waals surface area contributed by atoms with E-state index in [4.69, 9.17) is 4.42 Å². The topological polar surface area (TPSA) is 73.3 Å². The van der Waals surface area contributed by atoms with E-state index in [1.165, 1.54) is 17.8 Å². The van der Waals surface area contributed by atoms with Crippen LogP contribution in [-0.2, 0) is 0 Å². The number of Topliss-reactive ketones (excluding diaryl/α,β-unsaturated/α-hetero) is 1. The fraction of sp³-hybridized carbons (Fsp3) is 0. The lowest BCUT2D eigenvalue weighted by molar-refractivity contribution is -0.384. The van der Waals surface area contributed by atoms with Crippen molar-refractivity contribution in [3.63, 3.8) is 0 Å². The Morgan fingerprint density at radius 1 is 0.960 bits per heavy atom. The van der Waals surface area contributed by atoms with Crippen LogP contribution < -0.4 is 0 Å². The minimum Gasteiger partial charge on any atom is -0.456 e. The van der Waals surface area contributed by atoms with Crippen molar-refractivity contribution in [3.8, 4) is 11.3 Å². The van der Waals surface area contributed by atoms with Gasteiger partial charge in [-0.25, -0.2) is 0 Å². The van der Waals surface area contributed by atoms with Crippen LogP contribution in [0.3, 0.4) is 0 Å². The molecule has 0 radical (unpaired) electrons. The first-order chi connectivity index (χ1) is 12.1. The molecule has 2 aromatic carbocycles. The zero-order chi connectivity index (χ0) is 17.4. The van der Waals surface area contributed by atoms with Gasteiger partial charge in [0.05, 0.1) is 15.4 Å². The number of rotatable bonds is 3. The van der Waals surface area contributed by atoms with Crippen molar-refractivity contribution in [3.05, 3.63) is 87.0 Å². The molecule has 0 aliphatic carbocycles. The van der Waals surface area contributed by atoms with Crippen LogP contribution in [0, 0.1) is 10.1 Å². The normalized spacial score (nSPS) is 14.7. The van der Waals surface area contributed by atoms with Gasteiger partial charge in [0.25, 0.3) is 5.69 Å². The predicted octanol–water partition coefficient (Wildman–Crippen LogP) is 5.18. The number of nitro benzene ring substituents is 1. The van der Waals surface area contributed by atoms with Crippen molar-refractivity contribution < 1.29 is 14.1 Å². The summed E-state index contributed by atoms with van der Waals surface area (Å²) >= 11 is 1.40. The van der Waals surface area contributed by atoms with Crippen LogP contribution in [0.5, 0.6) is 0 Å². The fourth-order valence-electron chi connectivity index (χ4n) is 2.68. The van der Waals surface area contributed by atoms with Gasteiger partial charge in [-0.3, -0.25) is 14.9 Å². The van der Waals surface area contributed by atoms with E-state index in [1.54, 1.807) is 42.5 Å². The summed E-state index contributed by atoms with van der Waals surface area (Å²) < 4.78 is 5.72. The summed E-state index contributed by atoms with van der Waals surface area (Å²) in [7, 11) is 0. The molecule has 0 N–H and O–H groups in total. The molecule has 0 saturated carbocycles. The Bertz CT molecular complexity index is 1040. The first-order valence-corrected chi connectivity index (χ1v) is 8.32. The smallest absolute Gasteiger partial charge is 0.280 e. The van der Waals surface area contributed by atoms with Crippen LogP contribution >= 0.6 is 11.8 Å². The number of allylic oxidation sites excluding steroid dienone is 1. The Morgan fingerprint density at radius 3 is 2.44 bits per heavy atom. The lowest BCUT2D eigenvalue weighted by atomic mass is 10.1. The van der Waals surface area contributed by atoms with Crippen molar-refractivity contribution in [2.45, 2.75) is 4.90 Å². The summed E-state index contributed by atoms with van der Waals surface area (Å²) in [6.07, 6.45) is 1.67. The lowest BCUT2D eigenvalue weighted by Gasteiger charge is -1.98. The van der Waals surface area contributed by atoms with E-state index in [0.29, 0.717) is 27.6 Å². The van der Waals surface area contributed by atoms with Crippen LogP contribution in [0.15, 0.2) is 74.9 Å². The SMILES string of the molecule is O=C1/C(=C/c2ccc(-c3ccccc3[N+](=O)[O-])o2)Sc2ccccc21. The maximum atomic E-state index is 12.4. The summed E-state index contributed by atoms with van der Waals surface area (Å²) in [5.74, 6) is 0.841. The van der Waals surface area contributed by atoms with E-state index in [9.17, 15) is 14.9 Å². The highest BCUT2D eigenvalue weighted by Gasteiger charge is 2.25. The molecule has 0 saturated heterocycles. The van der Waals surface area contributed by atoms with E-state index in [1.807, 2.05) is 18.2 Å². The minimum absolute atomic E-state index is 0.0187. The van der Waals surface area contributed by atoms with Crippen LogP contribution in [-0.4, -0.2) is 10.7 Å². The lowest BCUT2D eigenvalue weighted by Crippen LogP contribution is -1.93. The molecule has 0 amide bonds. The molecule has 1 aliphatic heterocycles. The number of thioether (sulfide) groups is 1. The Balaban J connectivity index is 1.68. The number of ketones is 1. The molecule has 5 nitrogen and oxygen atoms in total. The van der Waals surface area contributed by atoms with E-state index >= 15 is 0 Å². The molecule has 0 fully saturated rings. The van der Waals surface area contributed by atoms with Gasteiger partial charge < -0.3 is 4.42 Å². The average molecular weight is 349 g/mol. The van der Waals surface area contributed by atoms with Gasteiger partial charge in [-0.05, 0) is 36.4 Å². The maximum Gasteiger partial charge on any atom is 0.280 e. The van der Waals surface area contributed by atoms with Gasteiger partial charge in [0, 0.05) is 16.5 Å². The van der Waals surface area contributed by atoms with E-state index in [0.717, 1.165) is 4.90 Å². The van der Waals surface area contributed by atoms with Gasteiger partial charge in [-0.15, -0.1) is 0 Å². The number of nitrogens with zero attached hydrogens (tertiary/aromatic N) is 1. The quantitative estimate of drug-likeness (QED) is 0.370. The van der Waals surface area contributed by atoms with Gasteiger partial charge in [0.2, 0.25) is 5.78 Å². The molecule has 0 bridgehead atoms. The zero-order valence-electron chi connectivity index (χ0n) is 12.8. The Kier molecular flexibility index (Phi) is 3.74. The van der Waals surface area contributed by atoms with E-state index < -0.39 is 4.92 Å². The summed E-state index contributed by atoms with van der Waals surface area (Å²) in [6, 6.07) is 17.2. The first kappa shape index (κ1) is 15.4. The molecule has 3 aromatic rings. The number of carbonyl (C=O) groups excluding carboxylic acids is 1. The highest BCUT2D eigenvalue weighted by Crippen LogP contribution is 2.41. The van der Waals surface area contributed by atoms with Crippen LogP contribution in [0.1, 0.15) is 16.1 Å². The highest BCUT2D eigenvalue weighted by atomic mass is 32.2. The zero-order valence-corrected chi connectivity index (χ0v) is 13.7. The minimum atomic E-state index is -0.441. The molecular weight excluding hydrogens is 338 g/mol.